The van der Waals surface area contributed by atoms with E-state index in [2.05, 4.69) is 5.32 Å². The lowest BCUT2D eigenvalue weighted by molar-refractivity contribution is -0.385. The molecule has 1 aromatic rings. The summed E-state index contributed by atoms with van der Waals surface area (Å²) in [6, 6.07) is 2.13. The molecule has 1 aromatic carbocycles. The molecule has 1 aliphatic heterocycles. The fourth-order valence-corrected chi connectivity index (χ4v) is 1.68. The molecule has 0 atom stereocenters. The normalized spacial score (nSPS) is 14.1. The Balaban J connectivity index is 2.07. The van der Waals surface area contributed by atoms with Crippen molar-refractivity contribution in [2.45, 2.75) is 0 Å². The molecule has 1 aliphatic rings. The summed E-state index contributed by atoms with van der Waals surface area (Å²) < 4.78 is 18.0. The maximum Gasteiger partial charge on any atom is 0.324 e. The molecule has 2 rings (SSSR count). The van der Waals surface area contributed by atoms with Crippen LogP contribution < -0.4 is 10.1 Å². The van der Waals surface area contributed by atoms with Crippen molar-refractivity contribution in [3.05, 3.63) is 34.1 Å². The van der Waals surface area contributed by atoms with E-state index in [4.69, 9.17) is 4.74 Å². The SMILES string of the molecule is O=C(COc1cc(F)ccc1[N+](=O)[O-])N1CCNC1=O. The van der Waals surface area contributed by atoms with Gasteiger partial charge in [0, 0.05) is 25.2 Å². The number of hydrogen-bond donors (Lipinski definition) is 1. The van der Waals surface area contributed by atoms with Crippen LogP contribution in [-0.2, 0) is 4.79 Å². The van der Waals surface area contributed by atoms with Crippen molar-refractivity contribution in [1.82, 2.24) is 10.2 Å². The number of hydrogen-bond acceptors (Lipinski definition) is 5. The fourth-order valence-electron chi connectivity index (χ4n) is 1.68. The topological polar surface area (TPSA) is 102 Å². The zero-order valence-electron chi connectivity index (χ0n) is 10.2. The third-order valence-corrected chi connectivity index (χ3v) is 2.63. The number of carbonyl (C=O) groups excluding carboxylic acids is 2. The van der Waals surface area contributed by atoms with Crippen LogP contribution in [0.3, 0.4) is 0 Å². The van der Waals surface area contributed by atoms with Crippen molar-refractivity contribution in [2.75, 3.05) is 19.7 Å². The smallest absolute Gasteiger partial charge is 0.324 e. The molecule has 0 aliphatic carbocycles. The van der Waals surface area contributed by atoms with Crippen molar-refractivity contribution >= 4 is 17.6 Å². The molecule has 3 amide bonds. The highest BCUT2D eigenvalue weighted by molar-refractivity contribution is 5.96. The van der Waals surface area contributed by atoms with Crippen molar-refractivity contribution in [2.24, 2.45) is 0 Å². The summed E-state index contributed by atoms with van der Waals surface area (Å²) in [5, 5.41) is 13.2. The number of urea groups is 1. The van der Waals surface area contributed by atoms with Gasteiger partial charge in [0.1, 0.15) is 5.82 Å². The van der Waals surface area contributed by atoms with Gasteiger partial charge in [-0.25, -0.2) is 9.18 Å². The van der Waals surface area contributed by atoms with Crippen LogP contribution in [0.25, 0.3) is 0 Å². The van der Waals surface area contributed by atoms with Crippen molar-refractivity contribution in [3.8, 4) is 5.75 Å². The Morgan fingerprint density at radius 2 is 2.30 bits per heavy atom. The number of rotatable bonds is 4. The lowest BCUT2D eigenvalue weighted by atomic mass is 10.3. The van der Waals surface area contributed by atoms with Crippen LogP contribution in [0.2, 0.25) is 0 Å². The number of ether oxygens (including phenoxy) is 1. The minimum absolute atomic E-state index is 0.201. The number of amides is 3. The number of nitro benzene ring substituents is 1. The van der Waals surface area contributed by atoms with E-state index in [1.165, 1.54) is 0 Å². The summed E-state index contributed by atoms with van der Waals surface area (Å²) in [7, 11) is 0. The Kier molecular flexibility index (Phi) is 3.78. The molecule has 0 saturated carbocycles. The van der Waals surface area contributed by atoms with Gasteiger partial charge in [-0.1, -0.05) is 0 Å². The number of benzene rings is 1. The Morgan fingerprint density at radius 1 is 1.55 bits per heavy atom. The average Bonchev–Trinajstić information content (AvgIpc) is 2.82. The van der Waals surface area contributed by atoms with Gasteiger partial charge in [0.2, 0.25) is 5.75 Å². The van der Waals surface area contributed by atoms with Gasteiger partial charge in [0.05, 0.1) is 4.92 Å². The molecule has 1 saturated heterocycles. The number of nitro groups is 1. The molecular formula is C11H10FN3O5. The van der Waals surface area contributed by atoms with Crippen LogP contribution in [-0.4, -0.2) is 41.5 Å². The molecular weight excluding hydrogens is 273 g/mol. The van der Waals surface area contributed by atoms with E-state index in [-0.39, 0.29) is 12.3 Å². The Hall–Kier alpha value is -2.71. The lowest BCUT2D eigenvalue weighted by Gasteiger charge is -2.12. The molecule has 9 heteroatoms. The van der Waals surface area contributed by atoms with Crippen molar-refractivity contribution in [1.29, 1.82) is 0 Å². The highest BCUT2D eigenvalue weighted by Crippen LogP contribution is 2.27. The average molecular weight is 283 g/mol. The van der Waals surface area contributed by atoms with E-state index in [0.717, 1.165) is 23.1 Å². The Morgan fingerprint density at radius 3 is 2.90 bits per heavy atom. The monoisotopic (exact) mass is 283 g/mol. The number of carbonyl (C=O) groups is 2. The quantitative estimate of drug-likeness (QED) is 0.646. The van der Waals surface area contributed by atoms with E-state index < -0.39 is 35.0 Å². The maximum absolute atomic E-state index is 13.0. The first-order valence-electron chi connectivity index (χ1n) is 5.64. The predicted octanol–water partition coefficient (Wildman–Crippen LogP) is 0.664. The standard InChI is InChI=1S/C11H10FN3O5/c12-7-1-2-8(15(18)19)9(5-7)20-6-10(16)14-4-3-13-11(14)17/h1-2,5H,3-4,6H2,(H,13,17). The van der Waals surface area contributed by atoms with Crippen LogP contribution in [0.5, 0.6) is 5.75 Å². The van der Waals surface area contributed by atoms with E-state index >= 15 is 0 Å². The molecule has 1 fully saturated rings. The minimum atomic E-state index is -0.748. The molecule has 8 nitrogen and oxygen atoms in total. The Bertz CT molecular complexity index is 577. The largest absolute Gasteiger partial charge is 0.477 e. The summed E-state index contributed by atoms with van der Waals surface area (Å²) >= 11 is 0. The van der Waals surface area contributed by atoms with Gasteiger partial charge in [-0.3, -0.25) is 19.8 Å². The van der Waals surface area contributed by atoms with E-state index in [1.54, 1.807) is 0 Å². The third kappa shape index (κ3) is 2.82. The van der Waals surface area contributed by atoms with Gasteiger partial charge in [-0.2, -0.15) is 0 Å². The maximum atomic E-state index is 13.0. The second kappa shape index (κ2) is 5.51. The van der Waals surface area contributed by atoms with Crippen LogP contribution >= 0.6 is 0 Å². The summed E-state index contributed by atoms with van der Waals surface area (Å²) in [5.74, 6) is -1.74. The second-order valence-corrected chi connectivity index (χ2v) is 3.94. The molecule has 1 heterocycles. The van der Waals surface area contributed by atoms with Crippen molar-refractivity contribution in [3.63, 3.8) is 0 Å². The predicted molar refractivity (Wildman–Crippen MR) is 63.7 cm³/mol. The molecule has 0 bridgehead atoms. The van der Waals surface area contributed by atoms with E-state index in [9.17, 15) is 24.1 Å². The molecule has 1 N–H and O–H groups in total. The zero-order valence-corrected chi connectivity index (χ0v) is 10.2. The second-order valence-electron chi connectivity index (χ2n) is 3.94. The summed E-state index contributed by atoms with van der Waals surface area (Å²) in [4.78, 5) is 33.8. The Labute approximate surface area is 112 Å². The first kappa shape index (κ1) is 13.7. The number of nitrogens with one attached hydrogen (secondary N) is 1. The number of nitrogens with zero attached hydrogens (tertiary/aromatic N) is 2. The fraction of sp³-hybridized carbons (Fsp3) is 0.273. The first-order chi connectivity index (χ1) is 9.49. The highest BCUT2D eigenvalue weighted by Gasteiger charge is 2.27. The summed E-state index contributed by atoms with van der Waals surface area (Å²) in [5.41, 5.74) is -0.454. The summed E-state index contributed by atoms with van der Waals surface area (Å²) in [6.45, 7) is -0.0470. The van der Waals surface area contributed by atoms with Crippen LogP contribution in [0.15, 0.2) is 18.2 Å². The number of halogens is 1. The summed E-state index contributed by atoms with van der Waals surface area (Å²) in [6.07, 6.45) is 0. The van der Waals surface area contributed by atoms with Crippen LogP contribution in [0.4, 0.5) is 14.9 Å². The first-order valence-corrected chi connectivity index (χ1v) is 5.64. The highest BCUT2D eigenvalue weighted by atomic mass is 19.1. The molecule has 0 unspecified atom stereocenters. The zero-order chi connectivity index (χ0) is 14.7. The molecule has 20 heavy (non-hydrogen) atoms. The van der Waals surface area contributed by atoms with Gasteiger partial charge in [0.25, 0.3) is 5.91 Å². The third-order valence-electron chi connectivity index (χ3n) is 2.63. The van der Waals surface area contributed by atoms with Gasteiger partial charge in [-0.15, -0.1) is 0 Å². The lowest BCUT2D eigenvalue weighted by Crippen LogP contribution is -2.37. The van der Waals surface area contributed by atoms with Gasteiger partial charge >= 0.3 is 11.7 Å². The molecule has 0 radical (unpaired) electrons. The van der Waals surface area contributed by atoms with E-state index in [0.29, 0.717) is 6.54 Å². The van der Waals surface area contributed by atoms with Gasteiger partial charge in [0.15, 0.2) is 6.61 Å². The minimum Gasteiger partial charge on any atom is -0.477 e. The van der Waals surface area contributed by atoms with Gasteiger partial charge in [-0.05, 0) is 6.07 Å². The van der Waals surface area contributed by atoms with Crippen LogP contribution in [0.1, 0.15) is 0 Å². The van der Waals surface area contributed by atoms with E-state index in [1.807, 2.05) is 0 Å². The van der Waals surface area contributed by atoms with Crippen molar-refractivity contribution < 1.29 is 23.6 Å². The van der Waals surface area contributed by atoms with Gasteiger partial charge < -0.3 is 10.1 Å². The molecule has 106 valence electrons. The molecule has 0 spiro atoms. The van der Waals surface area contributed by atoms with Crippen LogP contribution in [0, 0.1) is 15.9 Å². The number of imide groups is 1. The molecule has 0 aromatic heterocycles.